The van der Waals surface area contributed by atoms with E-state index in [9.17, 15) is 5.11 Å². The van der Waals surface area contributed by atoms with E-state index in [4.69, 9.17) is 26.3 Å². The van der Waals surface area contributed by atoms with Crippen LogP contribution in [0.2, 0.25) is 5.02 Å². The monoisotopic (exact) mass is 466 g/mol. The fraction of sp³-hybridized carbons (Fsp3) is 0.462. The van der Waals surface area contributed by atoms with Gasteiger partial charge in [0.15, 0.2) is 0 Å². The number of hydrogen-bond donors (Lipinski definition) is 1. The van der Waals surface area contributed by atoms with Crippen LogP contribution in [0.15, 0.2) is 36.4 Å². The molecule has 2 aromatic carbocycles. The Morgan fingerprint density at radius 1 is 1.06 bits per heavy atom. The number of aliphatic hydroxyl groups is 1. The molecule has 6 nitrogen and oxygen atoms in total. The van der Waals surface area contributed by atoms with Crippen molar-refractivity contribution in [3.05, 3.63) is 52.8 Å². The molecule has 1 aliphatic carbocycles. The minimum absolute atomic E-state index is 0.0747. The second-order valence-corrected chi connectivity index (χ2v) is 9.50. The van der Waals surface area contributed by atoms with Crippen LogP contribution >= 0.6 is 11.6 Å². The third-order valence-electron chi connectivity index (χ3n) is 6.94. The van der Waals surface area contributed by atoms with E-state index >= 15 is 0 Å². The summed E-state index contributed by atoms with van der Waals surface area (Å²) in [4.78, 5) is 14.3. The zero-order chi connectivity index (χ0) is 22.9. The summed E-state index contributed by atoms with van der Waals surface area (Å²) in [6.45, 7) is 2.41. The highest BCUT2D eigenvalue weighted by Gasteiger charge is 2.31. The number of fused-ring (bicyclic) bond motifs is 1. The van der Waals surface area contributed by atoms with Gasteiger partial charge >= 0.3 is 0 Å². The second kappa shape index (κ2) is 9.35. The number of rotatable bonds is 7. The van der Waals surface area contributed by atoms with Crippen LogP contribution in [0.3, 0.4) is 0 Å². The van der Waals surface area contributed by atoms with Gasteiger partial charge in [-0.15, -0.1) is 0 Å². The Balaban J connectivity index is 1.49. The average Bonchev–Trinajstić information content (AvgIpc) is 3.69. The van der Waals surface area contributed by atoms with Crippen molar-refractivity contribution in [1.82, 2.24) is 9.97 Å². The number of halogens is 1. The van der Waals surface area contributed by atoms with E-state index in [1.165, 1.54) is 5.56 Å². The van der Waals surface area contributed by atoms with Gasteiger partial charge in [0.2, 0.25) is 0 Å². The van der Waals surface area contributed by atoms with Crippen molar-refractivity contribution in [3.63, 3.8) is 0 Å². The molecule has 0 radical (unpaired) electrons. The lowest BCUT2D eigenvalue weighted by Crippen LogP contribution is -2.34. The maximum Gasteiger partial charge on any atom is 0.141 e. The fourth-order valence-corrected chi connectivity index (χ4v) is 5.29. The van der Waals surface area contributed by atoms with Crippen molar-refractivity contribution in [2.45, 2.75) is 37.5 Å². The number of hydrogen-bond acceptors (Lipinski definition) is 6. The number of likely N-dealkylation sites (N-methyl/N-ethyl adjacent to an activating group) is 1. The highest BCUT2D eigenvalue weighted by atomic mass is 35.5. The molecular weight excluding hydrogens is 436 g/mol. The number of para-hydroxylation sites is 1. The molecule has 174 valence electrons. The highest BCUT2D eigenvalue weighted by molar-refractivity contribution is 6.39. The number of methoxy groups -OCH3 is 1. The summed E-state index contributed by atoms with van der Waals surface area (Å²) in [5, 5.41) is 11.0. The third-order valence-corrected chi connectivity index (χ3v) is 7.32. The van der Waals surface area contributed by atoms with Gasteiger partial charge in [0.25, 0.3) is 0 Å². The van der Waals surface area contributed by atoms with Gasteiger partial charge in [-0.1, -0.05) is 29.8 Å². The summed E-state index contributed by atoms with van der Waals surface area (Å²) < 4.78 is 5.61. The molecule has 2 heterocycles. The summed E-state index contributed by atoms with van der Waals surface area (Å²) in [6, 6.07) is 12.4. The summed E-state index contributed by atoms with van der Waals surface area (Å²) in [5.41, 5.74) is 3.09. The first-order chi connectivity index (χ1) is 16.1. The molecule has 2 aliphatic rings. The van der Waals surface area contributed by atoms with E-state index in [-0.39, 0.29) is 6.61 Å². The normalized spacial score (nSPS) is 16.9. The number of aromatic nitrogens is 2. The van der Waals surface area contributed by atoms with Crippen LogP contribution in [0.25, 0.3) is 10.9 Å². The Kier molecular flexibility index (Phi) is 6.30. The van der Waals surface area contributed by atoms with E-state index in [1.807, 2.05) is 36.2 Å². The molecule has 0 amide bonds. The zero-order valence-corrected chi connectivity index (χ0v) is 20.1. The summed E-state index contributed by atoms with van der Waals surface area (Å²) in [7, 11) is 3.69. The molecule has 0 atom stereocenters. The smallest absolute Gasteiger partial charge is 0.141 e. The molecule has 1 saturated heterocycles. The standard InChI is InChI=1S/C26H31ClN4O2/c1-30(15-16-32)21-10-9-20-23(24(21)27)26(29-25(28-20)18-7-8-18)31-13-11-17(12-14-31)19-5-3-4-6-22(19)33-2/h3-6,9-10,17-18,32H,7-8,11-16H2,1-2H3. The Morgan fingerprint density at radius 3 is 2.52 bits per heavy atom. The van der Waals surface area contributed by atoms with E-state index in [1.54, 1.807) is 7.11 Å². The van der Waals surface area contributed by atoms with E-state index < -0.39 is 0 Å². The Bertz CT molecular complexity index is 1140. The third kappa shape index (κ3) is 4.34. The summed E-state index contributed by atoms with van der Waals surface area (Å²) in [5.74, 6) is 3.80. The van der Waals surface area contributed by atoms with Crippen molar-refractivity contribution < 1.29 is 9.84 Å². The van der Waals surface area contributed by atoms with Crippen molar-refractivity contribution in [2.75, 3.05) is 50.2 Å². The van der Waals surface area contributed by atoms with Gasteiger partial charge in [0.05, 0.1) is 35.3 Å². The number of ether oxygens (including phenoxy) is 1. The molecule has 2 fully saturated rings. The Hall–Kier alpha value is -2.57. The van der Waals surface area contributed by atoms with Gasteiger partial charge in [-0.25, -0.2) is 9.97 Å². The molecule has 0 bridgehead atoms. The molecule has 0 unspecified atom stereocenters. The van der Waals surface area contributed by atoms with Crippen LogP contribution in [-0.2, 0) is 0 Å². The SMILES string of the molecule is COc1ccccc1C1CCN(c2nc(C3CC3)nc3ccc(N(C)CCO)c(Cl)c23)CC1. The maximum absolute atomic E-state index is 9.39. The lowest BCUT2D eigenvalue weighted by Gasteiger charge is -2.34. The molecule has 1 aromatic heterocycles. The lowest BCUT2D eigenvalue weighted by atomic mass is 9.88. The van der Waals surface area contributed by atoms with Crippen LogP contribution < -0.4 is 14.5 Å². The van der Waals surface area contributed by atoms with Gasteiger partial charge in [-0.2, -0.15) is 0 Å². The van der Waals surface area contributed by atoms with Crippen LogP contribution in [0.1, 0.15) is 48.9 Å². The van der Waals surface area contributed by atoms with Crippen molar-refractivity contribution in [2.24, 2.45) is 0 Å². The van der Waals surface area contributed by atoms with Gasteiger partial charge in [0.1, 0.15) is 17.4 Å². The van der Waals surface area contributed by atoms with Crippen molar-refractivity contribution in [3.8, 4) is 5.75 Å². The van der Waals surface area contributed by atoms with Gasteiger partial charge < -0.3 is 19.6 Å². The predicted molar refractivity (Wildman–Crippen MR) is 134 cm³/mol. The minimum atomic E-state index is 0.0747. The topological polar surface area (TPSA) is 61.7 Å². The molecule has 1 N–H and O–H groups in total. The highest BCUT2D eigenvalue weighted by Crippen LogP contribution is 2.44. The Morgan fingerprint density at radius 2 is 1.82 bits per heavy atom. The average molecular weight is 467 g/mol. The Labute approximate surface area is 200 Å². The van der Waals surface area contributed by atoms with Crippen molar-refractivity contribution in [1.29, 1.82) is 0 Å². The number of nitrogens with zero attached hydrogens (tertiary/aromatic N) is 4. The molecular formula is C26H31ClN4O2. The van der Waals surface area contributed by atoms with Crippen LogP contribution in [0, 0.1) is 0 Å². The zero-order valence-electron chi connectivity index (χ0n) is 19.3. The molecule has 5 rings (SSSR count). The molecule has 1 aliphatic heterocycles. The minimum Gasteiger partial charge on any atom is -0.496 e. The molecule has 1 saturated carbocycles. The molecule has 3 aromatic rings. The first kappa shape index (κ1) is 22.2. The van der Waals surface area contributed by atoms with Crippen molar-refractivity contribution >= 4 is 34.0 Å². The number of anilines is 2. The first-order valence-electron chi connectivity index (χ1n) is 11.8. The molecule has 33 heavy (non-hydrogen) atoms. The van der Waals surface area contributed by atoms with Crippen LogP contribution in [0.4, 0.5) is 11.5 Å². The summed E-state index contributed by atoms with van der Waals surface area (Å²) in [6.07, 6.45) is 4.39. The maximum atomic E-state index is 9.39. The quantitative estimate of drug-likeness (QED) is 0.529. The lowest BCUT2D eigenvalue weighted by molar-refractivity contribution is 0.304. The first-order valence-corrected chi connectivity index (χ1v) is 12.2. The molecule has 7 heteroatoms. The van der Waals surface area contributed by atoms with Gasteiger partial charge in [0, 0.05) is 32.6 Å². The fourth-order valence-electron chi connectivity index (χ4n) is 4.90. The van der Waals surface area contributed by atoms with Crippen LogP contribution in [0.5, 0.6) is 5.75 Å². The second-order valence-electron chi connectivity index (χ2n) is 9.12. The molecule has 0 spiro atoms. The van der Waals surface area contributed by atoms with E-state index in [2.05, 4.69) is 17.0 Å². The predicted octanol–water partition coefficient (Wildman–Crippen LogP) is 4.98. The van der Waals surface area contributed by atoms with Gasteiger partial charge in [-0.05, 0) is 55.4 Å². The largest absolute Gasteiger partial charge is 0.496 e. The van der Waals surface area contributed by atoms with Crippen LogP contribution in [-0.4, -0.2) is 55.5 Å². The number of piperidine rings is 1. The summed E-state index contributed by atoms with van der Waals surface area (Å²) >= 11 is 6.96. The van der Waals surface area contributed by atoms with E-state index in [0.717, 1.165) is 72.8 Å². The number of benzene rings is 2. The van der Waals surface area contributed by atoms with Gasteiger partial charge in [-0.3, -0.25) is 0 Å². The number of aliphatic hydroxyl groups excluding tert-OH is 1. The van der Waals surface area contributed by atoms with E-state index in [0.29, 0.717) is 23.4 Å².